The highest BCUT2D eigenvalue weighted by molar-refractivity contribution is 5.30. The van der Waals surface area contributed by atoms with Gasteiger partial charge in [-0.15, -0.1) is 0 Å². The molecule has 0 saturated carbocycles. The van der Waals surface area contributed by atoms with Crippen LogP contribution in [0.1, 0.15) is 29.8 Å². The van der Waals surface area contributed by atoms with Crippen molar-refractivity contribution in [3.8, 4) is 11.8 Å². The molecule has 0 aliphatic carbocycles. The summed E-state index contributed by atoms with van der Waals surface area (Å²) in [6.45, 7) is 2.54. The van der Waals surface area contributed by atoms with Gasteiger partial charge in [0.1, 0.15) is 24.1 Å². The molecule has 1 atom stereocenters. The number of nitrogens with zero attached hydrogens (tertiary/aromatic N) is 2. The van der Waals surface area contributed by atoms with E-state index in [1.165, 1.54) is 5.56 Å². The first kappa shape index (κ1) is 14.0. The lowest BCUT2D eigenvalue weighted by atomic mass is 10.1. The molecule has 0 aliphatic rings. The van der Waals surface area contributed by atoms with Crippen molar-refractivity contribution in [2.75, 3.05) is 7.05 Å². The number of ether oxygens (including phenoxy) is 1. The molecule has 2 rings (SSSR count). The van der Waals surface area contributed by atoms with E-state index in [1.807, 2.05) is 43.4 Å². The van der Waals surface area contributed by atoms with Gasteiger partial charge < -0.3 is 10.1 Å². The van der Waals surface area contributed by atoms with Gasteiger partial charge in [0.2, 0.25) is 0 Å². The van der Waals surface area contributed by atoms with Gasteiger partial charge in [0.15, 0.2) is 0 Å². The molecule has 102 valence electrons. The van der Waals surface area contributed by atoms with Crippen LogP contribution in [-0.4, -0.2) is 12.0 Å². The van der Waals surface area contributed by atoms with Gasteiger partial charge in [-0.25, -0.2) is 4.98 Å². The van der Waals surface area contributed by atoms with E-state index in [-0.39, 0.29) is 0 Å². The summed E-state index contributed by atoms with van der Waals surface area (Å²) < 4.78 is 5.70. The van der Waals surface area contributed by atoms with Crippen LogP contribution in [0.2, 0.25) is 0 Å². The van der Waals surface area contributed by atoms with Gasteiger partial charge in [-0.05, 0) is 49.4 Å². The van der Waals surface area contributed by atoms with Gasteiger partial charge in [0.05, 0.1) is 0 Å². The number of nitrogens with one attached hydrogen (secondary N) is 1. The van der Waals surface area contributed by atoms with Crippen molar-refractivity contribution in [1.82, 2.24) is 10.3 Å². The molecule has 4 heteroatoms. The number of aromatic nitrogens is 1. The quantitative estimate of drug-likeness (QED) is 0.905. The summed E-state index contributed by atoms with van der Waals surface area (Å²) in [5, 5.41) is 12.0. The van der Waals surface area contributed by atoms with E-state index >= 15 is 0 Å². The molecule has 1 aromatic heterocycles. The molecule has 0 radical (unpaired) electrons. The van der Waals surface area contributed by atoms with E-state index < -0.39 is 0 Å². The number of nitriles is 1. The summed E-state index contributed by atoms with van der Waals surface area (Å²) in [5.74, 6) is 0.812. The number of pyridine rings is 1. The zero-order valence-electron chi connectivity index (χ0n) is 11.6. The van der Waals surface area contributed by atoms with E-state index in [2.05, 4.69) is 17.2 Å². The minimum Gasteiger partial charge on any atom is -0.489 e. The molecule has 2 aromatic rings. The maximum Gasteiger partial charge on any atom is 0.140 e. The van der Waals surface area contributed by atoms with Gasteiger partial charge in [0, 0.05) is 12.2 Å². The zero-order chi connectivity index (χ0) is 14.4. The van der Waals surface area contributed by atoms with Crippen LogP contribution >= 0.6 is 0 Å². The highest BCUT2D eigenvalue weighted by Gasteiger charge is 2.03. The molecule has 4 nitrogen and oxygen atoms in total. The van der Waals surface area contributed by atoms with Crippen LogP contribution in [0.4, 0.5) is 0 Å². The minimum absolute atomic E-state index is 0.322. The first-order valence-electron chi connectivity index (χ1n) is 6.48. The smallest absolute Gasteiger partial charge is 0.140 e. The Morgan fingerprint density at radius 2 is 2.05 bits per heavy atom. The summed E-state index contributed by atoms with van der Waals surface area (Å²) >= 11 is 0. The average Bonchev–Trinajstić information content (AvgIpc) is 2.53. The van der Waals surface area contributed by atoms with Crippen molar-refractivity contribution < 1.29 is 4.74 Å². The summed E-state index contributed by atoms with van der Waals surface area (Å²) in [4.78, 5) is 3.93. The second kappa shape index (κ2) is 6.69. The minimum atomic E-state index is 0.322. The lowest BCUT2D eigenvalue weighted by Crippen LogP contribution is -2.11. The maximum absolute atomic E-state index is 8.79. The SMILES string of the molecule is CNC(C)c1ccc(OCc2ccnc(C#N)c2)cc1. The Kier molecular flexibility index (Phi) is 4.70. The highest BCUT2D eigenvalue weighted by atomic mass is 16.5. The molecule has 1 heterocycles. The highest BCUT2D eigenvalue weighted by Crippen LogP contribution is 2.18. The Balaban J connectivity index is 1.98. The molecule has 0 aliphatic heterocycles. The fourth-order valence-corrected chi connectivity index (χ4v) is 1.81. The fourth-order valence-electron chi connectivity index (χ4n) is 1.81. The van der Waals surface area contributed by atoms with Crippen LogP contribution in [-0.2, 0) is 6.61 Å². The number of rotatable bonds is 5. The van der Waals surface area contributed by atoms with Crippen LogP contribution in [0.15, 0.2) is 42.6 Å². The Labute approximate surface area is 119 Å². The van der Waals surface area contributed by atoms with Crippen LogP contribution in [0.3, 0.4) is 0 Å². The average molecular weight is 267 g/mol. The molecule has 0 spiro atoms. The normalized spacial score (nSPS) is 11.7. The van der Waals surface area contributed by atoms with Crippen LogP contribution < -0.4 is 10.1 Å². The topological polar surface area (TPSA) is 57.9 Å². The predicted molar refractivity (Wildman–Crippen MR) is 77.2 cm³/mol. The van der Waals surface area contributed by atoms with Gasteiger partial charge in [-0.2, -0.15) is 5.26 Å². The number of hydrogen-bond donors (Lipinski definition) is 1. The first-order chi connectivity index (χ1) is 9.72. The van der Waals surface area contributed by atoms with E-state index in [0.717, 1.165) is 11.3 Å². The van der Waals surface area contributed by atoms with Crippen LogP contribution in [0, 0.1) is 11.3 Å². The molecule has 1 N–H and O–H groups in total. The summed E-state index contributed by atoms with van der Waals surface area (Å²) in [7, 11) is 1.94. The van der Waals surface area contributed by atoms with Gasteiger partial charge in [-0.3, -0.25) is 0 Å². The first-order valence-corrected chi connectivity index (χ1v) is 6.48. The summed E-state index contributed by atoms with van der Waals surface area (Å²) in [5.41, 5.74) is 2.56. The largest absolute Gasteiger partial charge is 0.489 e. The Bertz CT molecular complexity index is 602. The van der Waals surface area contributed by atoms with Gasteiger partial charge in [0.25, 0.3) is 0 Å². The summed E-state index contributed by atoms with van der Waals surface area (Å²) in [6, 6.07) is 13.9. The molecule has 0 fully saturated rings. The standard InChI is InChI=1S/C16H17N3O/c1-12(18-2)14-3-5-16(6-4-14)20-11-13-7-8-19-15(9-13)10-17/h3-9,12,18H,11H2,1-2H3. The fraction of sp³-hybridized carbons (Fsp3) is 0.250. The maximum atomic E-state index is 8.79. The zero-order valence-corrected chi connectivity index (χ0v) is 11.6. The van der Waals surface area contributed by atoms with E-state index in [4.69, 9.17) is 10.00 Å². The van der Waals surface area contributed by atoms with E-state index in [9.17, 15) is 0 Å². The molecule has 0 saturated heterocycles. The van der Waals surface area contributed by atoms with Crippen molar-refractivity contribution in [3.05, 3.63) is 59.4 Å². The number of hydrogen-bond acceptors (Lipinski definition) is 4. The van der Waals surface area contributed by atoms with Crippen molar-refractivity contribution in [3.63, 3.8) is 0 Å². The Morgan fingerprint density at radius 3 is 2.70 bits per heavy atom. The monoisotopic (exact) mass is 267 g/mol. The van der Waals surface area contributed by atoms with E-state index in [1.54, 1.807) is 12.3 Å². The van der Waals surface area contributed by atoms with Crippen LogP contribution in [0.25, 0.3) is 0 Å². The third-order valence-corrected chi connectivity index (χ3v) is 3.16. The lowest BCUT2D eigenvalue weighted by molar-refractivity contribution is 0.306. The second-order valence-electron chi connectivity index (χ2n) is 4.53. The van der Waals surface area contributed by atoms with Crippen molar-refractivity contribution >= 4 is 0 Å². The number of benzene rings is 1. The molecule has 1 aromatic carbocycles. The van der Waals surface area contributed by atoms with Crippen molar-refractivity contribution in [1.29, 1.82) is 5.26 Å². The molecular formula is C16H17N3O. The summed E-state index contributed by atoms with van der Waals surface area (Å²) in [6.07, 6.45) is 1.62. The molecule has 0 bridgehead atoms. The Hall–Kier alpha value is -2.38. The second-order valence-corrected chi connectivity index (χ2v) is 4.53. The van der Waals surface area contributed by atoms with Crippen molar-refractivity contribution in [2.45, 2.75) is 19.6 Å². The lowest BCUT2D eigenvalue weighted by Gasteiger charge is -2.11. The van der Waals surface area contributed by atoms with E-state index in [0.29, 0.717) is 18.3 Å². The predicted octanol–water partition coefficient (Wildman–Crippen LogP) is 2.81. The van der Waals surface area contributed by atoms with Crippen LogP contribution in [0.5, 0.6) is 5.75 Å². The Morgan fingerprint density at radius 1 is 1.30 bits per heavy atom. The molecule has 20 heavy (non-hydrogen) atoms. The molecular weight excluding hydrogens is 250 g/mol. The third kappa shape index (κ3) is 3.56. The van der Waals surface area contributed by atoms with Crippen molar-refractivity contribution in [2.24, 2.45) is 0 Å². The molecule has 0 amide bonds. The van der Waals surface area contributed by atoms with Gasteiger partial charge >= 0.3 is 0 Å². The molecule has 1 unspecified atom stereocenters. The third-order valence-electron chi connectivity index (χ3n) is 3.16. The van der Waals surface area contributed by atoms with Gasteiger partial charge in [-0.1, -0.05) is 12.1 Å².